The van der Waals surface area contributed by atoms with Gasteiger partial charge in [-0.25, -0.2) is 4.98 Å². The number of aliphatic hydroxyl groups excluding tert-OH is 1. The van der Waals surface area contributed by atoms with Crippen LogP contribution in [0.2, 0.25) is 0 Å². The van der Waals surface area contributed by atoms with E-state index in [0.29, 0.717) is 31.2 Å². The van der Waals surface area contributed by atoms with E-state index in [1.807, 2.05) is 35.4 Å². The van der Waals surface area contributed by atoms with Crippen LogP contribution in [0.5, 0.6) is 5.75 Å². The highest BCUT2D eigenvalue weighted by Gasteiger charge is 2.26. The summed E-state index contributed by atoms with van der Waals surface area (Å²) in [7, 11) is 0. The molecule has 1 fully saturated rings. The number of pyridine rings is 1. The first-order valence-electron chi connectivity index (χ1n) is 10.4. The van der Waals surface area contributed by atoms with Crippen LogP contribution in [0.3, 0.4) is 0 Å². The summed E-state index contributed by atoms with van der Waals surface area (Å²) in [6.45, 7) is 1.46. The van der Waals surface area contributed by atoms with Gasteiger partial charge in [0.25, 0.3) is 5.91 Å². The number of aromatic nitrogens is 1. The lowest BCUT2D eigenvalue weighted by Crippen LogP contribution is -2.33. The van der Waals surface area contributed by atoms with Crippen LogP contribution in [0.25, 0.3) is 0 Å². The minimum atomic E-state index is -0.450. The number of hydrogen-bond acceptors (Lipinski definition) is 5. The molecule has 0 saturated heterocycles. The lowest BCUT2D eigenvalue weighted by atomic mass is 9.82. The normalized spacial score (nSPS) is 18.5. The number of thioether (sulfide) groups is 1. The fraction of sp³-hybridized carbons (Fsp3) is 0.478. The molecule has 2 aliphatic rings. The van der Waals surface area contributed by atoms with Crippen molar-refractivity contribution in [2.75, 3.05) is 19.4 Å². The molecule has 2 heterocycles. The van der Waals surface area contributed by atoms with Crippen LogP contribution in [-0.4, -0.2) is 40.3 Å². The van der Waals surface area contributed by atoms with E-state index in [-0.39, 0.29) is 5.91 Å². The van der Waals surface area contributed by atoms with Crippen molar-refractivity contribution in [2.24, 2.45) is 5.92 Å². The lowest BCUT2D eigenvalue weighted by molar-refractivity contribution is 0.0728. The SMILES string of the molecule is CSc1ncccc1C(=O)N1CCOc2ccc(C(O)C3CCCCC3)cc2C1. The average Bonchev–Trinajstić information content (AvgIpc) is 3.00. The van der Waals surface area contributed by atoms with Crippen molar-refractivity contribution in [2.45, 2.75) is 49.8 Å². The van der Waals surface area contributed by atoms with Crippen molar-refractivity contribution in [3.8, 4) is 5.75 Å². The maximum atomic E-state index is 13.2. The van der Waals surface area contributed by atoms with Crippen molar-refractivity contribution in [3.63, 3.8) is 0 Å². The molecule has 1 aliphatic carbocycles. The minimum Gasteiger partial charge on any atom is -0.491 e. The Morgan fingerprint density at radius 3 is 2.90 bits per heavy atom. The predicted molar refractivity (Wildman–Crippen MR) is 114 cm³/mol. The highest BCUT2D eigenvalue weighted by Crippen LogP contribution is 2.36. The Morgan fingerprint density at radius 2 is 2.10 bits per heavy atom. The summed E-state index contributed by atoms with van der Waals surface area (Å²) in [5, 5.41) is 11.6. The average molecular weight is 413 g/mol. The number of amides is 1. The smallest absolute Gasteiger partial charge is 0.257 e. The molecule has 0 bridgehead atoms. The summed E-state index contributed by atoms with van der Waals surface area (Å²) >= 11 is 1.48. The zero-order valence-corrected chi connectivity index (χ0v) is 17.7. The minimum absolute atomic E-state index is 0.0304. The van der Waals surface area contributed by atoms with E-state index < -0.39 is 6.10 Å². The number of aliphatic hydroxyl groups is 1. The van der Waals surface area contributed by atoms with Crippen molar-refractivity contribution in [3.05, 3.63) is 53.2 Å². The fourth-order valence-corrected chi connectivity index (χ4v) is 4.92. The van der Waals surface area contributed by atoms with Gasteiger partial charge in [0.15, 0.2) is 0 Å². The number of carbonyl (C=O) groups excluding carboxylic acids is 1. The molecular formula is C23H28N2O3S. The predicted octanol–water partition coefficient (Wildman–Crippen LogP) is 4.45. The quantitative estimate of drug-likeness (QED) is 0.752. The Kier molecular flexibility index (Phi) is 6.40. The van der Waals surface area contributed by atoms with E-state index >= 15 is 0 Å². The second kappa shape index (κ2) is 9.18. The third-order valence-electron chi connectivity index (χ3n) is 5.98. The van der Waals surface area contributed by atoms with E-state index in [0.717, 1.165) is 34.7 Å². The van der Waals surface area contributed by atoms with Gasteiger partial charge in [0.05, 0.1) is 18.2 Å². The molecule has 1 saturated carbocycles. The molecular weight excluding hydrogens is 384 g/mol. The van der Waals surface area contributed by atoms with Gasteiger partial charge in [-0.2, -0.15) is 0 Å². The number of ether oxygens (including phenoxy) is 1. The van der Waals surface area contributed by atoms with Crippen LogP contribution in [0.15, 0.2) is 41.6 Å². The monoisotopic (exact) mass is 412 g/mol. The fourth-order valence-electron chi connectivity index (χ4n) is 4.38. The summed E-state index contributed by atoms with van der Waals surface area (Å²) < 4.78 is 5.91. The molecule has 1 atom stereocenters. The first kappa shape index (κ1) is 20.2. The van der Waals surface area contributed by atoms with E-state index in [1.54, 1.807) is 12.3 Å². The highest BCUT2D eigenvalue weighted by atomic mass is 32.2. The Bertz CT molecular complexity index is 867. The Balaban J connectivity index is 1.56. The summed E-state index contributed by atoms with van der Waals surface area (Å²) in [4.78, 5) is 19.3. The maximum Gasteiger partial charge on any atom is 0.257 e. The van der Waals surface area contributed by atoms with Crippen LogP contribution in [0.1, 0.15) is 59.7 Å². The van der Waals surface area contributed by atoms with Gasteiger partial charge in [-0.1, -0.05) is 25.3 Å². The zero-order chi connectivity index (χ0) is 20.2. The molecule has 0 spiro atoms. The Hall–Kier alpha value is -2.05. The Labute approximate surface area is 176 Å². The number of carbonyl (C=O) groups is 1. The molecule has 1 aromatic carbocycles. The number of nitrogens with zero attached hydrogens (tertiary/aromatic N) is 2. The zero-order valence-electron chi connectivity index (χ0n) is 16.8. The van der Waals surface area contributed by atoms with Crippen LogP contribution in [0, 0.1) is 5.92 Å². The topological polar surface area (TPSA) is 62.7 Å². The molecule has 6 heteroatoms. The van der Waals surface area contributed by atoms with Gasteiger partial charge >= 0.3 is 0 Å². The number of rotatable bonds is 4. The molecule has 29 heavy (non-hydrogen) atoms. The van der Waals surface area contributed by atoms with Crippen molar-refractivity contribution in [1.82, 2.24) is 9.88 Å². The van der Waals surface area contributed by atoms with Gasteiger partial charge in [0.2, 0.25) is 0 Å². The summed E-state index contributed by atoms with van der Waals surface area (Å²) in [5.41, 5.74) is 2.51. The number of fused-ring (bicyclic) bond motifs is 1. The van der Waals surface area contributed by atoms with Gasteiger partial charge in [0, 0.05) is 18.3 Å². The second-order valence-electron chi connectivity index (χ2n) is 7.85. The van der Waals surface area contributed by atoms with Crippen molar-refractivity contribution >= 4 is 17.7 Å². The molecule has 1 aromatic heterocycles. The van der Waals surface area contributed by atoms with Crippen molar-refractivity contribution in [1.29, 1.82) is 0 Å². The third kappa shape index (κ3) is 4.43. The molecule has 1 aliphatic heterocycles. The lowest BCUT2D eigenvalue weighted by Gasteiger charge is -2.27. The van der Waals surface area contributed by atoms with Crippen LogP contribution in [-0.2, 0) is 6.54 Å². The Morgan fingerprint density at radius 1 is 1.28 bits per heavy atom. The molecule has 154 valence electrons. The van der Waals surface area contributed by atoms with Gasteiger partial charge in [-0.15, -0.1) is 11.8 Å². The molecule has 1 amide bonds. The third-order valence-corrected chi connectivity index (χ3v) is 6.70. The van der Waals surface area contributed by atoms with Crippen molar-refractivity contribution < 1.29 is 14.6 Å². The molecule has 0 radical (unpaired) electrons. The van der Waals surface area contributed by atoms with E-state index in [4.69, 9.17) is 4.74 Å². The van der Waals surface area contributed by atoms with Gasteiger partial charge in [-0.3, -0.25) is 4.79 Å². The molecule has 5 nitrogen and oxygen atoms in total. The molecule has 1 N–H and O–H groups in total. The van der Waals surface area contributed by atoms with Crippen LogP contribution in [0.4, 0.5) is 0 Å². The summed E-state index contributed by atoms with van der Waals surface area (Å²) in [6, 6.07) is 9.58. The molecule has 2 aromatic rings. The number of benzene rings is 1. The molecule has 4 rings (SSSR count). The number of hydrogen-bond donors (Lipinski definition) is 1. The van der Waals surface area contributed by atoms with Gasteiger partial charge < -0.3 is 14.7 Å². The van der Waals surface area contributed by atoms with Gasteiger partial charge in [0.1, 0.15) is 17.4 Å². The van der Waals surface area contributed by atoms with E-state index in [1.165, 1.54) is 31.0 Å². The first-order chi connectivity index (χ1) is 14.2. The largest absolute Gasteiger partial charge is 0.491 e. The summed E-state index contributed by atoms with van der Waals surface area (Å²) in [6.07, 6.45) is 9.01. The van der Waals surface area contributed by atoms with Crippen LogP contribution >= 0.6 is 11.8 Å². The van der Waals surface area contributed by atoms with Gasteiger partial charge in [-0.05, 0) is 54.8 Å². The van der Waals surface area contributed by atoms with E-state index in [9.17, 15) is 9.90 Å². The standard InChI is InChI=1S/C23H28N2O3S/c1-29-22-19(8-5-11-24-22)23(27)25-12-13-28-20-10-9-17(14-18(20)15-25)21(26)16-6-3-2-4-7-16/h5,8-11,14,16,21,26H,2-4,6-7,12-13,15H2,1H3. The second-order valence-corrected chi connectivity index (χ2v) is 8.64. The highest BCUT2D eigenvalue weighted by molar-refractivity contribution is 7.98. The molecule has 1 unspecified atom stereocenters. The maximum absolute atomic E-state index is 13.2. The first-order valence-corrected chi connectivity index (χ1v) is 11.6. The van der Waals surface area contributed by atoms with E-state index in [2.05, 4.69) is 4.98 Å². The summed E-state index contributed by atoms with van der Waals surface area (Å²) in [5.74, 6) is 1.10. The van der Waals surface area contributed by atoms with Crippen LogP contribution < -0.4 is 4.74 Å².